The van der Waals surface area contributed by atoms with E-state index >= 15 is 0 Å². The Hall–Kier alpha value is -7.83. The van der Waals surface area contributed by atoms with Gasteiger partial charge in [-0.1, -0.05) is 120 Å². The average molecular weight is 1260 g/mol. The van der Waals surface area contributed by atoms with Gasteiger partial charge in [0.05, 0.1) is 36.4 Å². The number of primary amides is 1. The fourth-order valence-corrected chi connectivity index (χ4v) is 11.8. The lowest BCUT2D eigenvalue weighted by Crippen LogP contribution is -2.54. The van der Waals surface area contributed by atoms with Crippen molar-refractivity contribution >= 4 is 47.8 Å². The Kier molecular flexibility index (Phi) is 25.2. The van der Waals surface area contributed by atoms with Gasteiger partial charge in [0.15, 0.2) is 6.10 Å². The molecule has 0 spiro atoms. The Labute approximate surface area is 533 Å². The van der Waals surface area contributed by atoms with E-state index in [-0.39, 0.29) is 102 Å². The number of piperazine rings is 1. The molecule has 91 heavy (non-hydrogen) atoms. The molecule has 23 nitrogen and oxygen atoms in total. The molecule has 2 fully saturated rings. The van der Waals surface area contributed by atoms with E-state index in [4.69, 9.17) is 34.2 Å². The van der Waals surface area contributed by atoms with E-state index in [1.54, 1.807) is 89.3 Å². The minimum atomic E-state index is -1.22. The number of cyclic esters (lactones) is 1. The summed E-state index contributed by atoms with van der Waals surface area (Å²) >= 11 is 0. The molecule has 7 amide bonds. The Morgan fingerprint density at radius 3 is 2.14 bits per heavy atom. The zero-order chi connectivity index (χ0) is 66.2. The number of benzene rings is 3. The summed E-state index contributed by atoms with van der Waals surface area (Å²) in [6.07, 6.45) is 4.32. The number of nitrogens with one attached hydrogen (secondary N) is 4. The normalized spacial score (nSPS) is 24.3. The van der Waals surface area contributed by atoms with Gasteiger partial charge in [-0.2, -0.15) is 0 Å². The number of esters is 1. The third-order valence-corrected chi connectivity index (χ3v) is 17.6. The van der Waals surface area contributed by atoms with Crippen molar-refractivity contribution in [1.29, 1.82) is 0 Å². The van der Waals surface area contributed by atoms with Gasteiger partial charge in [-0.15, -0.1) is 0 Å². The summed E-state index contributed by atoms with van der Waals surface area (Å²) < 4.78 is 35.3. The van der Waals surface area contributed by atoms with Crippen molar-refractivity contribution in [2.24, 2.45) is 23.5 Å². The predicted molar refractivity (Wildman–Crippen MR) is 340 cm³/mol. The summed E-state index contributed by atoms with van der Waals surface area (Å²) in [6.45, 7) is 15.1. The topological polar surface area (TPSA) is 319 Å². The van der Waals surface area contributed by atoms with Crippen LogP contribution in [0.3, 0.4) is 0 Å². The minimum absolute atomic E-state index is 0.0416. The van der Waals surface area contributed by atoms with Crippen molar-refractivity contribution in [3.05, 3.63) is 125 Å². The van der Waals surface area contributed by atoms with Crippen molar-refractivity contribution < 1.29 is 77.3 Å². The fourth-order valence-electron chi connectivity index (χ4n) is 11.8. The lowest BCUT2D eigenvalue weighted by atomic mass is 9.88. The van der Waals surface area contributed by atoms with Gasteiger partial charge >= 0.3 is 30.3 Å². The molecule has 12 atom stereocenters. The first-order chi connectivity index (χ1) is 43.3. The molecule has 23 heteroatoms. The van der Waals surface area contributed by atoms with Crippen LogP contribution < -0.4 is 27.0 Å². The molecule has 496 valence electrons. The van der Waals surface area contributed by atoms with Crippen molar-refractivity contribution in [2.45, 2.75) is 173 Å². The van der Waals surface area contributed by atoms with Crippen molar-refractivity contribution in [2.75, 3.05) is 51.8 Å². The van der Waals surface area contributed by atoms with Crippen LogP contribution in [0.25, 0.3) is 11.1 Å². The number of aliphatic hydroxyl groups is 3. The number of hydrogen-bond acceptors (Lipinski definition) is 16. The summed E-state index contributed by atoms with van der Waals surface area (Å²) in [5, 5.41) is 43.2. The number of carbonyl (C=O) groups is 7. The lowest BCUT2D eigenvalue weighted by Gasteiger charge is -2.38. The van der Waals surface area contributed by atoms with Crippen LogP contribution in [0.2, 0.25) is 0 Å². The number of nitrogens with zero attached hydrogens (tertiary/aromatic N) is 2. The standard InChI is InChI=1S/C68H93N7O16/c1-10-54(77)44(6)60-55(89-60)38-67(7,85)30-15-17-42(4)59-43(5)23-28-56(68(8,86-9)31-29-47(76)37-57(78)91-59)90-66(84)75-35-33-74(34-36-75)65(83)88-39-45-24-26-46(27-25-45)71-61(79)53(22-16-32-70-63(69)81)72-62(80)58(41(2)3)73-64(82)87-40-52-50-20-13-11-18-48(50)49-19-12-14-21-51(49)52/h11-15,17-21,23-28,30,41,43-44,47,52-56,58-60,76-77,85H,10,16,22,29,31-40H2,1-9H3,(H,71,79)(H,72,80)(H,73,82)(H3,69,70,81)/b28-23+,30-15+,42-17+/t43-,44?,47+,53?,54?,55-,56-,58?,59+,60-,67?,68+/m0/s1. The molecule has 9 N–H and O–H groups in total. The van der Waals surface area contributed by atoms with Crippen molar-refractivity contribution in [1.82, 2.24) is 25.8 Å². The second-order valence-corrected chi connectivity index (χ2v) is 25.1. The van der Waals surface area contributed by atoms with Crippen LogP contribution in [0, 0.1) is 17.8 Å². The van der Waals surface area contributed by atoms with Crippen LogP contribution in [-0.2, 0) is 49.4 Å². The highest BCUT2D eigenvalue weighted by atomic mass is 16.6. The molecule has 3 aromatic rings. The smallest absolute Gasteiger partial charge is 0.410 e. The number of rotatable bonds is 24. The number of nitrogens with two attached hydrogens (primary N) is 1. The fraction of sp³-hybridized carbons (Fsp3) is 0.544. The highest BCUT2D eigenvalue weighted by Crippen LogP contribution is 2.45. The van der Waals surface area contributed by atoms with Gasteiger partial charge in [-0.25, -0.2) is 19.2 Å². The lowest BCUT2D eigenvalue weighted by molar-refractivity contribution is -0.151. The number of anilines is 1. The van der Waals surface area contributed by atoms with Gasteiger partial charge in [0.1, 0.15) is 37.0 Å². The first-order valence-corrected chi connectivity index (χ1v) is 31.5. The molecule has 0 radical (unpaired) electrons. The highest BCUT2D eigenvalue weighted by molar-refractivity contribution is 5.98. The number of hydrogen-bond donors (Lipinski definition) is 8. The second-order valence-electron chi connectivity index (χ2n) is 25.1. The maximum atomic E-state index is 13.9. The Bertz CT molecular complexity index is 3040. The first-order valence-electron chi connectivity index (χ1n) is 31.5. The van der Waals surface area contributed by atoms with Crippen LogP contribution in [0.1, 0.15) is 123 Å². The Morgan fingerprint density at radius 1 is 0.890 bits per heavy atom. The zero-order valence-electron chi connectivity index (χ0n) is 53.8. The Balaban J connectivity index is 0.897. The number of urea groups is 1. The number of aliphatic hydroxyl groups excluding tert-OH is 2. The molecule has 0 bridgehead atoms. The number of carbonyl (C=O) groups excluding carboxylic acids is 7. The summed E-state index contributed by atoms with van der Waals surface area (Å²) in [7, 11) is 1.49. The Morgan fingerprint density at radius 2 is 1.53 bits per heavy atom. The van der Waals surface area contributed by atoms with E-state index in [0.717, 1.165) is 22.3 Å². The van der Waals surface area contributed by atoms with Crippen LogP contribution >= 0.6 is 0 Å². The van der Waals surface area contributed by atoms with Gasteiger partial charge < -0.3 is 80.5 Å². The number of epoxide rings is 1. The number of ether oxygens (including phenoxy) is 6. The summed E-state index contributed by atoms with van der Waals surface area (Å²) in [5.74, 6) is -2.88. The number of methoxy groups -OCH3 is 1. The van der Waals surface area contributed by atoms with Crippen LogP contribution in [0.15, 0.2) is 109 Å². The number of fused-ring (bicyclic) bond motifs is 3. The van der Waals surface area contributed by atoms with Gasteiger partial charge in [0.2, 0.25) is 11.8 Å². The number of allylic oxidation sites excluding steroid dienone is 2. The van der Waals surface area contributed by atoms with Crippen LogP contribution in [-0.4, -0.2) is 174 Å². The summed E-state index contributed by atoms with van der Waals surface area (Å²) in [6, 6.07) is 19.5. The van der Waals surface area contributed by atoms with E-state index < -0.39 is 102 Å². The van der Waals surface area contributed by atoms with Gasteiger partial charge in [0.25, 0.3) is 0 Å². The summed E-state index contributed by atoms with van der Waals surface area (Å²) in [4.78, 5) is 95.9. The monoisotopic (exact) mass is 1260 g/mol. The average Bonchev–Trinajstić information content (AvgIpc) is 1.87. The number of amides is 7. The van der Waals surface area contributed by atoms with Crippen LogP contribution in [0.5, 0.6) is 0 Å². The number of alkyl carbamates (subject to hydrolysis) is 1. The van der Waals surface area contributed by atoms with Crippen molar-refractivity contribution in [3.63, 3.8) is 0 Å². The molecule has 0 saturated carbocycles. The summed E-state index contributed by atoms with van der Waals surface area (Å²) in [5.41, 5.74) is 8.77. The van der Waals surface area contributed by atoms with Gasteiger partial charge in [0, 0.05) is 69.7 Å². The molecule has 3 aromatic carbocycles. The third-order valence-electron chi connectivity index (χ3n) is 17.6. The molecular formula is C68H93N7O16. The minimum Gasteiger partial charge on any atom is -0.457 e. The van der Waals surface area contributed by atoms with Crippen molar-refractivity contribution in [3.8, 4) is 11.1 Å². The first kappa shape index (κ1) is 70.6. The molecule has 4 aliphatic rings. The molecule has 2 saturated heterocycles. The maximum Gasteiger partial charge on any atom is 0.410 e. The quantitative estimate of drug-likeness (QED) is 0.0106. The third kappa shape index (κ3) is 19.8. The van der Waals surface area contributed by atoms with E-state index in [1.807, 2.05) is 69.3 Å². The predicted octanol–water partition coefficient (Wildman–Crippen LogP) is 7.75. The van der Waals surface area contributed by atoms with E-state index in [0.29, 0.717) is 29.7 Å². The molecule has 5 unspecified atom stereocenters. The molecule has 0 aromatic heterocycles. The largest absolute Gasteiger partial charge is 0.457 e. The van der Waals surface area contributed by atoms with E-state index in [9.17, 15) is 48.9 Å². The van der Waals surface area contributed by atoms with Gasteiger partial charge in [-0.3, -0.25) is 14.4 Å². The molecule has 1 aliphatic carbocycles. The molecule has 7 rings (SSSR count). The molecule has 3 heterocycles. The molecule has 3 aliphatic heterocycles. The zero-order valence-corrected chi connectivity index (χ0v) is 53.8. The van der Waals surface area contributed by atoms with E-state index in [1.165, 1.54) is 16.9 Å². The van der Waals surface area contributed by atoms with Gasteiger partial charge in [-0.05, 0) is 110 Å². The van der Waals surface area contributed by atoms with E-state index in [2.05, 4.69) is 21.3 Å². The second kappa shape index (κ2) is 32.4. The van der Waals surface area contributed by atoms with Crippen LogP contribution in [0.4, 0.5) is 24.9 Å². The maximum absolute atomic E-state index is 13.9. The molecular weight excluding hydrogens is 1170 g/mol. The SMILES string of the molecule is CCC(O)C(C)[C@@H]1O[C@H]1CC(C)(O)/C=C/C=C(\C)[C@H]1OC(=O)C[C@H](O)CC[C@@](C)(OC)[C@@H](OC(=O)N2CCN(C(=O)OCc3ccc(NC(=O)C(CCCNC(N)=O)NC(=O)C(NC(=O)OCC4c5ccccc5-c5ccccc54)C(C)C)cc3)CC2)/C=C/[C@@H]1C. The highest BCUT2D eigenvalue weighted by Gasteiger charge is 2.47.